The van der Waals surface area contributed by atoms with E-state index in [2.05, 4.69) is 11.4 Å². The number of amides is 1. The van der Waals surface area contributed by atoms with E-state index in [-0.39, 0.29) is 5.91 Å². The van der Waals surface area contributed by atoms with Gasteiger partial charge in [-0.3, -0.25) is 4.79 Å². The second kappa shape index (κ2) is 10.3. The molecule has 4 nitrogen and oxygen atoms in total. The zero-order valence-corrected chi connectivity index (χ0v) is 16.5. The summed E-state index contributed by atoms with van der Waals surface area (Å²) in [5.41, 5.74) is 1.68. The minimum atomic E-state index is -0.685. The Morgan fingerprint density at radius 1 is 1.27 bits per heavy atom. The molecule has 1 amide bonds. The standard InChI is InChI=1S/C19H18Cl2N2O2S/c1-13(25-17-8-4-7-16(20)18(17)21)19(24)23-9-10-26-12-15-6-3-2-5-14(15)11-22/h2-8,13H,9-10,12H2,1H3,(H,23,24). The van der Waals surface area contributed by atoms with Crippen LogP contribution in [-0.4, -0.2) is 24.3 Å². The van der Waals surface area contributed by atoms with Gasteiger partial charge in [0.1, 0.15) is 10.8 Å². The molecular weight excluding hydrogens is 391 g/mol. The van der Waals surface area contributed by atoms with E-state index in [4.69, 9.17) is 33.2 Å². The maximum Gasteiger partial charge on any atom is 0.260 e. The first-order valence-corrected chi connectivity index (χ1v) is 9.88. The summed E-state index contributed by atoms with van der Waals surface area (Å²) in [7, 11) is 0. The fraction of sp³-hybridized carbons (Fsp3) is 0.263. The van der Waals surface area contributed by atoms with Gasteiger partial charge in [-0.25, -0.2) is 0 Å². The monoisotopic (exact) mass is 408 g/mol. The lowest BCUT2D eigenvalue weighted by Crippen LogP contribution is -2.37. The molecular formula is C19H18Cl2N2O2S. The summed E-state index contributed by atoms with van der Waals surface area (Å²) in [5, 5.41) is 12.6. The van der Waals surface area contributed by atoms with Crippen LogP contribution in [0.1, 0.15) is 18.1 Å². The number of hydrogen-bond acceptors (Lipinski definition) is 4. The number of rotatable bonds is 8. The smallest absolute Gasteiger partial charge is 0.260 e. The van der Waals surface area contributed by atoms with Crippen molar-refractivity contribution in [3.05, 3.63) is 63.6 Å². The Hall–Kier alpha value is -1.87. The molecule has 0 aliphatic carbocycles. The van der Waals surface area contributed by atoms with Gasteiger partial charge < -0.3 is 10.1 Å². The van der Waals surface area contributed by atoms with Gasteiger partial charge in [0.15, 0.2) is 6.10 Å². The number of nitrogens with one attached hydrogen (secondary N) is 1. The molecule has 0 aliphatic rings. The molecule has 0 fully saturated rings. The second-order valence-corrected chi connectivity index (χ2v) is 7.31. The number of ether oxygens (including phenoxy) is 1. The number of halogens is 2. The Morgan fingerprint density at radius 2 is 2.04 bits per heavy atom. The fourth-order valence-corrected chi connectivity index (χ4v) is 3.35. The van der Waals surface area contributed by atoms with Gasteiger partial charge >= 0.3 is 0 Å². The third-order valence-electron chi connectivity index (χ3n) is 3.53. The van der Waals surface area contributed by atoms with Crippen LogP contribution in [0.4, 0.5) is 0 Å². The lowest BCUT2D eigenvalue weighted by molar-refractivity contribution is -0.127. The van der Waals surface area contributed by atoms with Crippen LogP contribution in [0.25, 0.3) is 0 Å². The van der Waals surface area contributed by atoms with Crippen molar-refractivity contribution in [1.29, 1.82) is 5.26 Å². The van der Waals surface area contributed by atoms with E-state index in [1.165, 1.54) is 0 Å². The van der Waals surface area contributed by atoms with Gasteiger partial charge in [0.2, 0.25) is 0 Å². The summed E-state index contributed by atoms with van der Waals surface area (Å²) in [6.45, 7) is 2.16. The molecule has 2 aromatic rings. The van der Waals surface area contributed by atoms with Gasteiger partial charge in [-0.2, -0.15) is 17.0 Å². The number of thioether (sulfide) groups is 1. The number of nitriles is 1. The Bertz CT molecular complexity index is 808. The van der Waals surface area contributed by atoms with Gasteiger partial charge in [0, 0.05) is 18.1 Å². The first-order chi connectivity index (χ1) is 12.5. The molecule has 2 aromatic carbocycles. The molecule has 26 heavy (non-hydrogen) atoms. The molecule has 1 unspecified atom stereocenters. The summed E-state index contributed by atoms with van der Waals surface area (Å²) >= 11 is 13.6. The molecule has 1 atom stereocenters. The molecule has 0 spiro atoms. The summed E-state index contributed by atoms with van der Waals surface area (Å²) in [4.78, 5) is 12.1. The second-order valence-electron chi connectivity index (χ2n) is 5.42. The highest BCUT2D eigenvalue weighted by Crippen LogP contribution is 2.32. The van der Waals surface area contributed by atoms with Crippen molar-refractivity contribution in [2.75, 3.05) is 12.3 Å². The average Bonchev–Trinajstić information content (AvgIpc) is 2.65. The van der Waals surface area contributed by atoms with Gasteiger partial charge in [-0.15, -0.1) is 0 Å². The van der Waals surface area contributed by atoms with Crippen LogP contribution in [0.3, 0.4) is 0 Å². The molecule has 136 valence electrons. The van der Waals surface area contributed by atoms with Crippen molar-refractivity contribution >= 4 is 40.9 Å². The van der Waals surface area contributed by atoms with Crippen LogP contribution in [0.2, 0.25) is 10.0 Å². The van der Waals surface area contributed by atoms with E-state index in [0.717, 1.165) is 17.1 Å². The molecule has 0 saturated carbocycles. The predicted molar refractivity (Wildman–Crippen MR) is 107 cm³/mol. The Morgan fingerprint density at radius 3 is 2.81 bits per heavy atom. The van der Waals surface area contributed by atoms with Gasteiger partial charge in [-0.1, -0.05) is 47.5 Å². The highest BCUT2D eigenvalue weighted by Gasteiger charge is 2.16. The van der Waals surface area contributed by atoms with Crippen LogP contribution >= 0.6 is 35.0 Å². The van der Waals surface area contributed by atoms with E-state index < -0.39 is 6.10 Å². The van der Waals surface area contributed by atoms with Crippen LogP contribution < -0.4 is 10.1 Å². The average molecular weight is 409 g/mol. The van der Waals surface area contributed by atoms with E-state index in [1.54, 1.807) is 43.0 Å². The molecule has 0 aliphatic heterocycles. The summed E-state index contributed by atoms with van der Waals surface area (Å²) < 4.78 is 5.57. The molecule has 0 heterocycles. The maximum atomic E-state index is 12.1. The van der Waals surface area contributed by atoms with Crippen molar-refractivity contribution < 1.29 is 9.53 Å². The third kappa shape index (κ3) is 5.84. The van der Waals surface area contributed by atoms with Crippen LogP contribution in [0.5, 0.6) is 5.75 Å². The van der Waals surface area contributed by atoms with E-state index >= 15 is 0 Å². The molecule has 0 saturated heterocycles. The zero-order chi connectivity index (χ0) is 18.9. The van der Waals surface area contributed by atoms with Crippen molar-refractivity contribution in [3.8, 4) is 11.8 Å². The minimum absolute atomic E-state index is 0.223. The lowest BCUT2D eigenvalue weighted by Gasteiger charge is -2.16. The SMILES string of the molecule is CC(Oc1cccc(Cl)c1Cl)C(=O)NCCSCc1ccccc1C#N. The Balaban J connectivity index is 1.73. The number of benzene rings is 2. The van der Waals surface area contributed by atoms with Crippen molar-refractivity contribution in [1.82, 2.24) is 5.32 Å². The summed E-state index contributed by atoms with van der Waals surface area (Å²) in [6, 6.07) is 14.7. The molecule has 1 N–H and O–H groups in total. The van der Waals surface area contributed by atoms with Crippen molar-refractivity contribution in [2.24, 2.45) is 0 Å². The quantitative estimate of drug-likeness (QED) is 0.643. The first-order valence-electron chi connectivity index (χ1n) is 7.97. The van der Waals surface area contributed by atoms with Crippen LogP contribution in [0.15, 0.2) is 42.5 Å². The van der Waals surface area contributed by atoms with Crippen molar-refractivity contribution in [2.45, 2.75) is 18.8 Å². The molecule has 0 radical (unpaired) electrons. The largest absolute Gasteiger partial charge is 0.479 e. The third-order valence-corrected chi connectivity index (χ3v) is 5.34. The normalized spacial score (nSPS) is 11.5. The van der Waals surface area contributed by atoms with Gasteiger partial charge in [-0.05, 0) is 30.7 Å². The maximum absolute atomic E-state index is 12.1. The molecule has 2 rings (SSSR count). The lowest BCUT2D eigenvalue weighted by atomic mass is 10.1. The molecule has 0 bridgehead atoms. The van der Waals surface area contributed by atoms with E-state index in [0.29, 0.717) is 27.9 Å². The van der Waals surface area contributed by atoms with Crippen LogP contribution in [-0.2, 0) is 10.5 Å². The van der Waals surface area contributed by atoms with E-state index in [1.807, 2.05) is 18.2 Å². The fourth-order valence-electron chi connectivity index (χ4n) is 2.15. The molecule has 0 aromatic heterocycles. The summed E-state index contributed by atoms with van der Waals surface area (Å²) in [6.07, 6.45) is -0.685. The van der Waals surface area contributed by atoms with Gasteiger partial charge in [0.25, 0.3) is 5.91 Å². The minimum Gasteiger partial charge on any atom is -0.479 e. The highest BCUT2D eigenvalue weighted by atomic mass is 35.5. The zero-order valence-electron chi connectivity index (χ0n) is 14.2. The first kappa shape index (κ1) is 20.4. The number of hydrogen-bond donors (Lipinski definition) is 1. The Labute approximate surface area is 167 Å². The number of carbonyl (C=O) groups is 1. The van der Waals surface area contributed by atoms with E-state index in [9.17, 15) is 4.79 Å². The van der Waals surface area contributed by atoms with Crippen LogP contribution in [0, 0.1) is 11.3 Å². The van der Waals surface area contributed by atoms with Gasteiger partial charge in [0.05, 0.1) is 16.7 Å². The van der Waals surface area contributed by atoms with Crippen molar-refractivity contribution in [3.63, 3.8) is 0 Å². The number of carbonyl (C=O) groups excluding carboxylic acids is 1. The Kier molecular flexibility index (Phi) is 8.11. The predicted octanol–water partition coefficient (Wildman–Crippen LogP) is 4.68. The number of nitrogens with zero attached hydrogens (tertiary/aromatic N) is 1. The summed E-state index contributed by atoms with van der Waals surface area (Å²) in [5.74, 6) is 1.61. The molecule has 7 heteroatoms. The highest BCUT2D eigenvalue weighted by molar-refractivity contribution is 7.98. The topological polar surface area (TPSA) is 62.1 Å².